The smallest absolute Gasteiger partial charge is 0.399 e. The van der Waals surface area contributed by atoms with Gasteiger partial charge in [-0.1, -0.05) is 17.7 Å². The van der Waals surface area contributed by atoms with Gasteiger partial charge in [0.2, 0.25) is 5.91 Å². The van der Waals surface area contributed by atoms with Crippen molar-refractivity contribution >= 4 is 19.1 Å². The van der Waals surface area contributed by atoms with E-state index in [4.69, 9.17) is 9.31 Å². The Balaban J connectivity index is 2.03. The standard InChI is InChI=1S/C19H26BNO3/c1-13-7-8-17-15(9-10-21(17)14(2)22)12-16(11-13)20-23-18(3,4)19(5,6)24-20/h9-12H,7-8H2,1-6H3. The Bertz CT molecular complexity index is 724. The lowest BCUT2D eigenvalue weighted by Crippen LogP contribution is -2.41. The predicted molar refractivity (Wildman–Crippen MR) is 96.9 cm³/mol. The van der Waals surface area contributed by atoms with Crippen LogP contribution in [0.15, 0.2) is 29.4 Å². The Kier molecular flexibility index (Phi) is 4.13. The number of carbonyl (C=O) groups is 1. The zero-order valence-electron chi connectivity index (χ0n) is 15.5. The maximum atomic E-state index is 11.8. The topological polar surface area (TPSA) is 40.5 Å². The number of fused-ring (bicyclic) bond motifs is 1. The summed E-state index contributed by atoms with van der Waals surface area (Å²) in [7, 11) is -0.392. The van der Waals surface area contributed by atoms with Crippen LogP contribution in [0, 0.1) is 0 Å². The van der Waals surface area contributed by atoms with E-state index in [1.54, 1.807) is 11.5 Å². The Hall–Kier alpha value is -1.59. The molecule has 0 spiro atoms. The van der Waals surface area contributed by atoms with Gasteiger partial charge in [0.1, 0.15) is 0 Å². The molecule has 2 heterocycles. The highest BCUT2D eigenvalue weighted by Gasteiger charge is 2.52. The molecule has 0 unspecified atom stereocenters. The molecular formula is C19H26BNO3. The largest absolute Gasteiger partial charge is 0.494 e. The number of nitrogens with zero attached hydrogens (tertiary/aromatic N) is 1. The second kappa shape index (κ2) is 5.75. The van der Waals surface area contributed by atoms with Crippen molar-refractivity contribution in [3.8, 4) is 0 Å². The fraction of sp³-hybridized carbons (Fsp3) is 0.526. The maximum Gasteiger partial charge on any atom is 0.494 e. The van der Waals surface area contributed by atoms with E-state index in [1.807, 2.05) is 12.3 Å². The summed E-state index contributed by atoms with van der Waals surface area (Å²) in [5.41, 5.74) is 3.67. The van der Waals surface area contributed by atoms with Gasteiger partial charge in [0.25, 0.3) is 0 Å². The quantitative estimate of drug-likeness (QED) is 0.731. The SMILES string of the molecule is CC(=O)n1ccc2c1CCC(C)=CC(B1OC(C)(C)C(C)(C)O1)=C2. The van der Waals surface area contributed by atoms with Crippen LogP contribution >= 0.6 is 0 Å². The summed E-state index contributed by atoms with van der Waals surface area (Å²) in [5, 5.41) is 0. The van der Waals surface area contributed by atoms with Gasteiger partial charge in [-0.15, -0.1) is 0 Å². The fourth-order valence-electron chi connectivity index (χ4n) is 3.18. The number of hydrogen-bond acceptors (Lipinski definition) is 3. The summed E-state index contributed by atoms with van der Waals surface area (Å²) in [6.07, 6.45) is 7.89. The molecular weight excluding hydrogens is 301 g/mol. The molecule has 0 atom stereocenters. The third-order valence-corrected chi connectivity index (χ3v) is 5.38. The first-order valence-electron chi connectivity index (χ1n) is 8.56. The molecule has 1 saturated heterocycles. The summed E-state index contributed by atoms with van der Waals surface area (Å²) in [5.74, 6) is 0.0454. The summed E-state index contributed by atoms with van der Waals surface area (Å²) in [6, 6.07) is 2.00. The van der Waals surface area contributed by atoms with Gasteiger partial charge in [-0.3, -0.25) is 9.36 Å². The molecule has 24 heavy (non-hydrogen) atoms. The molecule has 1 aliphatic heterocycles. The summed E-state index contributed by atoms with van der Waals surface area (Å²) in [4.78, 5) is 11.8. The lowest BCUT2D eigenvalue weighted by molar-refractivity contribution is 0.00578. The van der Waals surface area contributed by atoms with E-state index in [2.05, 4.69) is 46.8 Å². The molecule has 5 heteroatoms. The van der Waals surface area contributed by atoms with Crippen molar-refractivity contribution in [3.05, 3.63) is 40.6 Å². The Morgan fingerprint density at radius 2 is 1.75 bits per heavy atom. The monoisotopic (exact) mass is 327 g/mol. The molecule has 1 fully saturated rings. The van der Waals surface area contributed by atoms with E-state index in [0.29, 0.717) is 0 Å². The lowest BCUT2D eigenvalue weighted by Gasteiger charge is -2.32. The van der Waals surface area contributed by atoms with Gasteiger partial charge in [-0.05, 0) is 64.6 Å². The minimum Gasteiger partial charge on any atom is -0.399 e. The molecule has 0 saturated carbocycles. The van der Waals surface area contributed by atoms with E-state index < -0.39 is 7.12 Å². The molecule has 128 valence electrons. The van der Waals surface area contributed by atoms with E-state index in [-0.39, 0.29) is 17.1 Å². The van der Waals surface area contributed by atoms with Crippen LogP contribution in [0.4, 0.5) is 0 Å². The first-order chi connectivity index (χ1) is 11.1. The number of hydrogen-bond donors (Lipinski definition) is 0. The second-order valence-electron chi connectivity index (χ2n) is 7.83. The lowest BCUT2D eigenvalue weighted by atomic mass is 9.75. The Morgan fingerprint density at radius 1 is 1.12 bits per heavy atom. The molecule has 1 aromatic rings. The van der Waals surface area contributed by atoms with Crippen molar-refractivity contribution < 1.29 is 14.1 Å². The van der Waals surface area contributed by atoms with Crippen molar-refractivity contribution in [3.63, 3.8) is 0 Å². The molecule has 0 N–H and O–H groups in total. The normalized spacial score (nSPS) is 22.3. The van der Waals surface area contributed by atoms with E-state index in [9.17, 15) is 4.79 Å². The van der Waals surface area contributed by atoms with Crippen LogP contribution in [0.1, 0.15) is 64.0 Å². The third kappa shape index (κ3) is 2.91. The first-order valence-corrected chi connectivity index (χ1v) is 8.56. The summed E-state index contributed by atoms with van der Waals surface area (Å²) in [6.45, 7) is 12.0. The predicted octanol–water partition coefficient (Wildman–Crippen LogP) is 4.06. The average molecular weight is 327 g/mol. The van der Waals surface area contributed by atoms with Crippen molar-refractivity contribution in [2.45, 2.75) is 65.6 Å². The molecule has 0 amide bonds. The number of carbonyl (C=O) groups excluding carboxylic acids is 1. The minimum absolute atomic E-state index is 0.0454. The molecule has 0 bridgehead atoms. The van der Waals surface area contributed by atoms with Crippen LogP contribution < -0.4 is 0 Å². The third-order valence-electron chi connectivity index (χ3n) is 5.38. The van der Waals surface area contributed by atoms with Gasteiger partial charge in [0.15, 0.2) is 0 Å². The van der Waals surface area contributed by atoms with E-state index in [0.717, 1.165) is 29.6 Å². The van der Waals surface area contributed by atoms with Gasteiger partial charge >= 0.3 is 7.12 Å². The Morgan fingerprint density at radius 3 is 2.33 bits per heavy atom. The van der Waals surface area contributed by atoms with Crippen LogP contribution in [0.2, 0.25) is 0 Å². The van der Waals surface area contributed by atoms with Gasteiger partial charge in [-0.2, -0.15) is 0 Å². The van der Waals surface area contributed by atoms with E-state index >= 15 is 0 Å². The Labute approximate surface area is 144 Å². The molecule has 0 aromatic carbocycles. The van der Waals surface area contributed by atoms with Gasteiger partial charge < -0.3 is 9.31 Å². The van der Waals surface area contributed by atoms with Gasteiger partial charge in [0.05, 0.1) is 11.2 Å². The maximum absolute atomic E-state index is 11.8. The van der Waals surface area contributed by atoms with Crippen molar-refractivity contribution in [1.29, 1.82) is 0 Å². The highest BCUT2D eigenvalue weighted by molar-refractivity contribution is 6.56. The number of allylic oxidation sites excluding steroid dienone is 3. The highest BCUT2D eigenvalue weighted by atomic mass is 16.7. The molecule has 1 aliphatic carbocycles. The van der Waals surface area contributed by atoms with Gasteiger partial charge in [-0.25, -0.2) is 0 Å². The molecule has 2 aliphatic rings. The number of rotatable bonds is 1. The highest BCUT2D eigenvalue weighted by Crippen LogP contribution is 2.39. The van der Waals surface area contributed by atoms with Gasteiger partial charge in [0, 0.05) is 18.8 Å². The second-order valence-corrected chi connectivity index (χ2v) is 7.83. The van der Waals surface area contributed by atoms with Crippen LogP contribution in [0.25, 0.3) is 6.08 Å². The first kappa shape index (κ1) is 17.2. The van der Waals surface area contributed by atoms with Crippen LogP contribution in [-0.4, -0.2) is 28.8 Å². The van der Waals surface area contributed by atoms with Crippen molar-refractivity contribution in [2.24, 2.45) is 0 Å². The zero-order chi connectivity index (χ0) is 17.7. The number of aromatic nitrogens is 1. The molecule has 3 rings (SSSR count). The van der Waals surface area contributed by atoms with E-state index in [1.165, 1.54) is 5.57 Å². The average Bonchev–Trinajstić information content (AvgIpc) is 2.92. The summed E-state index contributed by atoms with van der Waals surface area (Å²) < 4.78 is 14.2. The van der Waals surface area contributed by atoms with Crippen LogP contribution in [-0.2, 0) is 15.7 Å². The minimum atomic E-state index is -0.392. The molecule has 4 nitrogen and oxygen atoms in total. The molecule has 1 aromatic heterocycles. The summed E-state index contributed by atoms with van der Waals surface area (Å²) >= 11 is 0. The van der Waals surface area contributed by atoms with Crippen LogP contribution in [0.3, 0.4) is 0 Å². The molecule has 0 radical (unpaired) electrons. The van der Waals surface area contributed by atoms with Crippen LogP contribution in [0.5, 0.6) is 0 Å². The fourth-order valence-corrected chi connectivity index (χ4v) is 3.18. The zero-order valence-corrected chi connectivity index (χ0v) is 15.5. The van der Waals surface area contributed by atoms with Crippen molar-refractivity contribution in [2.75, 3.05) is 0 Å². The van der Waals surface area contributed by atoms with Crippen molar-refractivity contribution in [1.82, 2.24) is 4.57 Å².